The lowest BCUT2D eigenvalue weighted by Gasteiger charge is -2.28. The van der Waals surface area contributed by atoms with Crippen LogP contribution >= 0.6 is 23.2 Å². The Bertz CT molecular complexity index is 848. The lowest BCUT2D eigenvalue weighted by molar-refractivity contribution is 0.498. The molecule has 6 heteroatoms. The summed E-state index contributed by atoms with van der Waals surface area (Å²) in [4.78, 5) is 11.1. The van der Waals surface area contributed by atoms with Gasteiger partial charge in [0, 0.05) is 24.2 Å². The molecule has 3 aromatic rings. The van der Waals surface area contributed by atoms with Crippen LogP contribution in [-0.4, -0.2) is 16.5 Å². The zero-order chi connectivity index (χ0) is 15.8. The second-order valence-electron chi connectivity index (χ2n) is 5.37. The number of benzene rings is 1. The van der Waals surface area contributed by atoms with Gasteiger partial charge in [0.2, 0.25) is 5.89 Å². The Hall–Kier alpha value is -2.04. The normalized spacial score (nSPS) is 13.9. The number of anilines is 1. The number of pyridine rings is 1. The standard InChI is InChI=1S/C17H13Cl2N3O/c18-11-4-5-12(19)15(9-11)22-8-6-16-14(10-22)21-17(23-16)13-3-1-2-7-20-13/h1-5,7,9H,6,8,10H2. The largest absolute Gasteiger partial charge is 0.439 e. The van der Waals surface area contributed by atoms with Crippen LogP contribution < -0.4 is 4.90 Å². The van der Waals surface area contributed by atoms with Gasteiger partial charge in [-0.25, -0.2) is 4.98 Å². The summed E-state index contributed by atoms with van der Waals surface area (Å²) in [6, 6.07) is 11.2. The van der Waals surface area contributed by atoms with Crippen LogP contribution in [0.2, 0.25) is 10.0 Å². The number of rotatable bonds is 2. The third-order valence-electron chi connectivity index (χ3n) is 3.86. The SMILES string of the molecule is Clc1ccc(Cl)c(N2CCc3oc(-c4ccccn4)nc3C2)c1. The molecule has 0 radical (unpaired) electrons. The number of fused-ring (bicyclic) bond motifs is 1. The summed E-state index contributed by atoms with van der Waals surface area (Å²) >= 11 is 12.4. The first-order valence-electron chi connectivity index (χ1n) is 7.31. The van der Waals surface area contributed by atoms with Gasteiger partial charge in [-0.2, -0.15) is 0 Å². The van der Waals surface area contributed by atoms with E-state index >= 15 is 0 Å². The molecule has 0 aliphatic carbocycles. The van der Waals surface area contributed by atoms with E-state index in [1.54, 1.807) is 12.3 Å². The monoisotopic (exact) mass is 345 g/mol. The van der Waals surface area contributed by atoms with Crippen LogP contribution in [0.5, 0.6) is 0 Å². The first kappa shape index (κ1) is 14.5. The number of aromatic nitrogens is 2. The van der Waals surface area contributed by atoms with E-state index in [1.165, 1.54) is 0 Å². The van der Waals surface area contributed by atoms with E-state index in [4.69, 9.17) is 27.6 Å². The fourth-order valence-corrected chi connectivity index (χ4v) is 3.13. The molecule has 0 amide bonds. The highest BCUT2D eigenvalue weighted by molar-refractivity contribution is 6.35. The Morgan fingerprint density at radius 2 is 2.04 bits per heavy atom. The summed E-state index contributed by atoms with van der Waals surface area (Å²) in [5.41, 5.74) is 2.59. The van der Waals surface area contributed by atoms with E-state index < -0.39 is 0 Å². The average molecular weight is 346 g/mol. The zero-order valence-corrected chi connectivity index (χ0v) is 13.7. The molecule has 0 spiro atoms. The first-order chi connectivity index (χ1) is 11.2. The summed E-state index contributed by atoms with van der Waals surface area (Å²) < 4.78 is 5.87. The molecule has 0 N–H and O–H groups in total. The van der Waals surface area contributed by atoms with Crippen molar-refractivity contribution < 1.29 is 4.42 Å². The summed E-state index contributed by atoms with van der Waals surface area (Å²) in [6.07, 6.45) is 2.51. The van der Waals surface area contributed by atoms with Crippen LogP contribution in [-0.2, 0) is 13.0 Å². The van der Waals surface area contributed by atoms with Crippen LogP contribution in [0.3, 0.4) is 0 Å². The quantitative estimate of drug-likeness (QED) is 0.680. The van der Waals surface area contributed by atoms with Crippen LogP contribution in [0, 0.1) is 0 Å². The topological polar surface area (TPSA) is 42.2 Å². The van der Waals surface area contributed by atoms with E-state index in [-0.39, 0.29) is 0 Å². The van der Waals surface area contributed by atoms with E-state index in [1.807, 2.05) is 30.3 Å². The van der Waals surface area contributed by atoms with Crippen molar-refractivity contribution in [2.24, 2.45) is 0 Å². The fraction of sp³-hybridized carbons (Fsp3) is 0.176. The van der Waals surface area contributed by atoms with Gasteiger partial charge in [-0.3, -0.25) is 4.98 Å². The van der Waals surface area contributed by atoms with Gasteiger partial charge >= 0.3 is 0 Å². The number of nitrogens with zero attached hydrogens (tertiary/aromatic N) is 3. The number of halogens is 2. The molecule has 4 rings (SSSR count). The van der Waals surface area contributed by atoms with Gasteiger partial charge in [0.15, 0.2) is 0 Å². The van der Waals surface area contributed by atoms with Crippen molar-refractivity contribution in [2.45, 2.75) is 13.0 Å². The molecular weight excluding hydrogens is 333 g/mol. The summed E-state index contributed by atoms with van der Waals surface area (Å²) in [5.74, 6) is 1.48. The average Bonchev–Trinajstić information content (AvgIpc) is 3.01. The van der Waals surface area contributed by atoms with Crippen molar-refractivity contribution >= 4 is 28.9 Å². The molecule has 3 heterocycles. The molecule has 0 atom stereocenters. The van der Waals surface area contributed by atoms with Crippen molar-refractivity contribution in [1.82, 2.24) is 9.97 Å². The van der Waals surface area contributed by atoms with Crippen molar-refractivity contribution in [1.29, 1.82) is 0 Å². The molecule has 2 aromatic heterocycles. The van der Waals surface area contributed by atoms with Crippen molar-refractivity contribution in [3.8, 4) is 11.6 Å². The van der Waals surface area contributed by atoms with Crippen LogP contribution in [0.1, 0.15) is 11.5 Å². The number of oxazole rings is 1. The maximum absolute atomic E-state index is 6.30. The van der Waals surface area contributed by atoms with Crippen LogP contribution in [0.15, 0.2) is 47.0 Å². The molecule has 1 aliphatic heterocycles. The van der Waals surface area contributed by atoms with Gasteiger partial charge in [-0.1, -0.05) is 29.3 Å². The molecule has 4 nitrogen and oxygen atoms in total. The Kier molecular flexibility index (Phi) is 3.71. The third kappa shape index (κ3) is 2.80. The molecule has 116 valence electrons. The molecule has 23 heavy (non-hydrogen) atoms. The minimum Gasteiger partial charge on any atom is -0.439 e. The molecular formula is C17H13Cl2N3O. The highest BCUT2D eigenvalue weighted by Gasteiger charge is 2.24. The maximum atomic E-state index is 6.30. The Morgan fingerprint density at radius 3 is 2.87 bits per heavy atom. The third-order valence-corrected chi connectivity index (χ3v) is 4.42. The molecule has 1 aromatic carbocycles. The van der Waals surface area contributed by atoms with Gasteiger partial charge in [0.25, 0.3) is 0 Å². The smallest absolute Gasteiger partial charge is 0.245 e. The highest BCUT2D eigenvalue weighted by atomic mass is 35.5. The zero-order valence-electron chi connectivity index (χ0n) is 12.2. The van der Waals surface area contributed by atoms with Gasteiger partial charge in [-0.15, -0.1) is 0 Å². The van der Waals surface area contributed by atoms with E-state index in [0.717, 1.165) is 35.8 Å². The van der Waals surface area contributed by atoms with E-state index in [0.29, 0.717) is 22.5 Å². The van der Waals surface area contributed by atoms with Crippen molar-refractivity contribution in [2.75, 3.05) is 11.4 Å². The molecule has 1 aliphatic rings. The first-order valence-corrected chi connectivity index (χ1v) is 8.06. The minimum atomic E-state index is 0.564. The predicted molar refractivity (Wildman–Crippen MR) is 91.0 cm³/mol. The van der Waals surface area contributed by atoms with Gasteiger partial charge in [0.1, 0.15) is 17.1 Å². The van der Waals surface area contributed by atoms with Crippen LogP contribution in [0.4, 0.5) is 5.69 Å². The van der Waals surface area contributed by atoms with Gasteiger partial charge < -0.3 is 9.32 Å². The lowest BCUT2D eigenvalue weighted by Crippen LogP contribution is -2.30. The molecule has 0 saturated carbocycles. The number of hydrogen-bond donors (Lipinski definition) is 0. The number of hydrogen-bond acceptors (Lipinski definition) is 4. The van der Waals surface area contributed by atoms with Crippen molar-refractivity contribution in [3.63, 3.8) is 0 Å². The van der Waals surface area contributed by atoms with Gasteiger partial charge in [-0.05, 0) is 30.3 Å². The summed E-state index contributed by atoms with van der Waals surface area (Å²) in [5, 5.41) is 1.36. The minimum absolute atomic E-state index is 0.564. The molecule has 0 bridgehead atoms. The molecule has 0 fully saturated rings. The van der Waals surface area contributed by atoms with E-state index in [9.17, 15) is 0 Å². The molecule has 0 unspecified atom stereocenters. The Morgan fingerprint density at radius 1 is 1.13 bits per heavy atom. The highest BCUT2D eigenvalue weighted by Crippen LogP contribution is 2.33. The molecule has 0 saturated heterocycles. The predicted octanol–water partition coefficient (Wildman–Crippen LogP) is 4.61. The van der Waals surface area contributed by atoms with Crippen LogP contribution in [0.25, 0.3) is 11.6 Å². The second-order valence-corrected chi connectivity index (χ2v) is 6.21. The Labute approximate surface area is 143 Å². The summed E-state index contributed by atoms with van der Waals surface area (Å²) in [6.45, 7) is 1.45. The lowest BCUT2D eigenvalue weighted by atomic mass is 10.1. The Balaban J connectivity index is 1.65. The van der Waals surface area contributed by atoms with Gasteiger partial charge in [0.05, 0.1) is 17.3 Å². The second kappa shape index (κ2) is 5.87. The maximum Gasteiger partial charge on any atom is 0.245 e. The fourth-order valence-electron chi connectivity index (χ4n) is 2.73. The van der Waals surface area contributed by atoms with E-state index in [2.05, 4.69) is 14.9 Å². The van der Waals surface area contributed by atoms with Crippen molar-refractivity contribution in [3.05, 3.63) is 64.1 Å². The summed E-state index contributed by atoms with van der Waals surface area (Å²) in [7, 11) is 0.